The first kappa shape index (κ1) is 17.3. The van der Waals surface area contributed by atoms with Crippen molar-refractivity contribution in [1.29, 1.82) is 0 Å². The average molecular weight is 360 g/mol. The van der Waals surface area contributed by atoms with Gasteiger partial charge in [-0.1, -0.05) is 32.0 Å². The van der Waals surface area contributed by atoms with Crippen molar-refractivity contribution < 1.29 is 12.8 Å². The van der Waals surface area contributed by atoms with Gasteiger partial charge in [0.1, 0.15) is 0 Å². The van der Waals surface area contributed by atoms with Gasteiger partial charge in [0.25, 0.3) is 10.0 Å². The number of rotatable bonds is 5. The molecule has 7 heteroatoms. The number of anilines is 1. The molecule has 1 heterocycles. The molecule has 0 atom stereocenters. The molecule has 0 fully saturated rings. The largest absolute Gasteiger partial charge is 0.419 e. The van der Waals surface area contributed by atoms with E-state index in [0.29, 0.717) is 17.7 Å². The summed E-state index contributed by atoms with van der Waals surface area (Å²) >= 11 is 0. The fourth-order valence-corrected chi connectivity index (χ4v) is 3.91. The summed E-state index contributed by atoms with van der Waals surface area (Å²) in [7, 11) is -3.79. The maximum Gasteiger partial charge on any atom is 0.419 e. The molecule has 0 aliphatic rings. The molecule has 0 amide bonds. The lowest BCUT2D eigenvalue weighted by Gasteiger charge is -2.14. The van der Waals surface area contributed by atoms with E-state index in [1.54, 1.807) is 18.2 Å². The number of hydrogen-bond acceptors (Lipinski definition) is 4. The topological polar surface area (TPSA) is 81.3 Å². The Labute approximate surface area is 146 Å². The molecule has 0 radical (unpaired) electrons. The lowest BCUT2D eigenvalue weighted by atomic mass is 10.0. The molecule has 0 saturated carbocycles. The minimum Gasteiger partial charge on any atom is -0.408 e. The van der Waals surface area contributed by atoms with Crippen LogP contribution >= 0.6 is 0 Å². The van der Waals surface area contributed by atoms with Crippen LogP contribution in [-0.2, 0) is 16.6 Å². The number of benzene rings is 2. The Bertz CT molecular complexity index is 1080. The highest BCUT2D eigenvalue weighted by Crippen LogP contribution is 2.27. The second kappa shape index (κ2) is 6.40. The lowest BCUT2D eigenvalue weighted by Crippen LogP contribution is -2.14. The molecule has 1 N–H and O–H groups in total. The second-order valence-electron chi connectivity index (χ2n) is 6.09. The molecule has 0 saturated heterocycles. The van der Waals surface area contributed by atoms with Gasteiger partial charge in [0, 0.05) is 12.6 Å². The van der Waals surface area contributed by atoms with Crippen molar-refractivity contribution in [2.75, 3.05) is 4.72 Å². The summed E-state index contributed by atoms with van der Waals surface area (Å²) in [6, 6.07) is 11.7. The zero-order valence-corrected chi connectivity index (χ0v) is 15.1. The molecule has 0 aliphatic heterocycles. The third kappa shape index (κ3) is 3.19. The van der Waals surface area contributed by atoms with E-state index in [9.17, 15) is 13.2 Å². The van der Waals surface area contributed by atoms with E-state index >= 15 is 0 Å². The number of fused-ring (bicyclic) bond motifs is 1. The number of nitrogens with one attached hydrogen (secondary N) is 1. The Kier molecular flexibility index (Phi) is 4.43. The molecule has 0 bridgehead atoms. The number of sulfonamides is 1. The van der Waals surface area contributed by atoms with E-state index in [4.69, 9.17) is 4.42 Å². The van der Waals surface area contributed by atoms with Gasteiger partial charge in [-0.15, -0.1) is 0 Å². The molecule has 0 unspecified atom stereocenters. The number of para-hydroxylation sites is 1. The van der Waals surface area contributed by atoms with Crippen LogP contribution in [0.2, 0.25) is 0 Å². The monoisotopic (exact) mass is 360 g/mol. The van der Waals surface area contributed by atoms with Crippen molar-refractivity contribution in [3.63, 3.8) is 0 Å². The number of oxazole rings is 1. The highest BCUT2D eigenvalue weighted by atomic mass is 32.2. The Balaban J connectivity index is 2.04. The predicted molar refractivity (Wildman–Crippen MR) is 97.5 cm³/mol. The molecular weight excluding hydrogens is 340 g/mol. The van der Waals surface area contributed by atoms with Crippen LogP contribution in [0.3, 0.4) is 0 Å². The van der Waals surface area contributed by atoms with Gasteiger partial charge in [-0.3, -0.25) is 9.29 Å². The Morgan fingerprint density at radius 2 is 1.88 bits per heavy atom. The zero-order chi connectivity index (χ0) is 18.2. The predicted octanol–water partition coefficient (Wildman–Crippen LogP) is 3.54. The summed E-state index contributed by atoms with van der Waals surface area (Å²) in [6.45, 7) is 6.28. The first-order valence-corrected chi connectivity index (χ1v) is 9.57. The zero-order valence-electron chi connectivity index (χ0n) is 14.3. The van der Waals surface area contributed by atoms with Crippen LogP contribution in [0.4, 0.5) is 5.69 Å². The summed E-state index contributed by atoms with van der Waals surface area (Å²) in [5.74, 6) is -0.317. The smallest absolute Gasteiger partial charge is 0.408 e. The van der Waals surface area contributed by atoms with Crippen LogP contribution < -0.4 is 10.5 Å². The number of aryl methyl sites for hydroxylation is 1. The van der Waals surface area contributed by atoms with Gasteiger partial charge >= 0.3 is 5.76 Å². The summed E-state index contributed by atoms with van der Waals surface area (Å²) in [5, 5.41) is 0. The van der Waals surface area contributed by atoms with E-state index < -0.39 is 15.8 Å². The van der Waals surface area contributed by atoms with Crippen LogP contribution in [0, 0.1) is 0 Å². The Morgan fingerprint density at radius 3 is 2.56 bits per heavy atom. The van der Waals surface area contributed by atoms with Gasteiger partial charge < -0.3 is 4.42 Å². The molecule has 132 valence electrons. The van der Waals surface area contributed by atoms with Gasteiger partial charge in [-0.05, 0) is 36.6 Å². The molecule has 25 heavy (non-hydrogen) atoms. The van der Waals surface area contributed by atoms with Crippen LogP contribution in [-0.4, -0.2) is 13.0 Å². The van der Waals surface area contributed by atoms with Crippen molar-refractivity contribution in [1.82, 2.24) is 4.57 Å². The molecule has 2 aromatic carbocycles. The van der Waals surface area contributed by atoms with Crippen LogP contribution in [0.25, 0.3) is 11.1 Å². The van der Waals surface area contributed by atoms with Crippen molar-refractivity contribution >= 4 is 26.8 Å². The Hall–Kier alpha value is -2.54. The highest BCUT2D eigenvalue weighted by molar-refractivity contribution is 7.92. The minimum atomic E-state index is -3.79. The van der Waals surface area contributed by atoms with Gasteiger partial charge in [0.05, 0.1) is 16.1 Å². The maximum atomic E-state index is 12.7. The first-order chi connectivity index (χ1) is 11.8. The van der Waals surface area contributed by atoms with Gasteiger partial charge in [-0.25, -0.2) is 13.2 Å². The SMILES string of the molecule is CCn1c(=O)oc2cc(S(=O)(=O)Nc3ccccc3C(C)C)ccc21. The van der Waals surface area contributed by atoms with Gasteiger partial charge in [0.2, 0.25) is 0 Å². The standard InChI is InChI=1S/C18H20N2O4S/c1-4-20-16-10-9-13(11-17(16)24-18(20)21)25(22,23)19-15-8-6-5-7-14(15)12(2)3/h5-12,19H,4H2,1-3H3. The van der Waals surface area contributed by atoms with E-state index in [1.807, 2.05) is 32.9 Å². The molecule has 1 aromatic heterocycles. The van der Waals surface area contributed by atoms with E-state index in [0.717, 1.165) is 5.56 Å². The fourth-order valence-electron chi connectivity index (χ4n) is 2.81. The van der Waals surface area contributed by atoms with Crippen LogP contribution in [0.1, 0.15) is 32.3 Å². The minimum absolute atomic E-state index is 0.0514. The summed E-state index contributed by atoms with van der Waals surface area (Å²) < 4.78 is 34.7. The maximum absolute atomic E-state index is 12.7. The number of aromatic nitrogens is 1. The molecule has 6 nitrogen and oxygen atoms in total. The third-order valence-corrected chi connectivity index (χ3v) is 5.46. The molecule has 3 aromatic rings. The number of hydrogen-bond donors (Lipinski definition) is 1. The summed E-state index contributed by atoms with van der Waals surface area (Å²) in [5.41, 5.74) is 2.29. The Morgan fingerprint density at radius 1 is 1.16 bits per heavy atom. The van der Waals surface area contributed by atoms with Gasteiger partial charge in [0.15, 0.2) is 5.58 Å². The molecule has 0 spiro atoms. The first-order valence-electron chi connectivity index (χ1n) is 8.08. The third-order valence-electron chi connectivity index (χ3n) is 4.09. The normalized spacial score (nSPS) is 12.0. The lowest BCUT2D eigenvalue weighted by molar-refractivity contribution is 0.512. The van der Waals surface area contributed by atoms with Crippen molar-refractivity contribution in [2.24, 2.45) is 0 Å². The molecule has 3 rings (SSSR count). The van der Waals surface area contributed by atoms with Gasteiger partial charge in [-0.2, -0.15) is 0 Å². The molecule has 0 aliphatic carbocycles. The van der Waals surface area contributed by atoms with Crippen molar-refractivity contribution in [2.45, 2.75) is 38.1 Å². The highest BCUT2D eigenvalue weighted by Gasteiger charge is 2.19. The summed E-state index contributed by atoms with van der Waals surface area (Å²) in [6.07, 6.45) is 0. The van der Waals surface area contributed by atoms with Crippen molar-refractivity contribution in [3.05, 3.63) is 58.6 Å². The van der Waals surface area contributed by atoms with E-state index in [-0.39, 0.29) is 16.4 Å². The van der Waals surface area contributed by atoms with Crippen molar-refractivity contribution in [3.8, 4) is 0 Å². The molecular formula is C18H20N2O4S. The van der Waals surface area contributed by atoms with E-state index in [1.165, 1.54) is 16.7 Å². The van der Waals surface area contributed by atoms with Crippen LogP contribution in [0.5, 0.6) is 0 Å². The van der Waals surface area contributed by atoms with E-state index in [2.05, 4.69) is 4.72 Å². The number of nitrogens with zero attached hydrogens (tertiary/aromatic N) is 1. The second-order valence-corrected chi connectivity index (χ2v) is 7.77. The average Bonchev–Trinajstić information content (AvgIpc) is 2.88. The summed E-state index contributed by atoms with van der Waals surface area (Å²) in [4.78, 5) is 11.8. The quantitative estimate of drug-likeness (QED) is 0.754. The fraction of sp³-hybridized carbons (Fsp3) is 0.278. The van der Waals surface area contributed by atoms with Crippen LogP contribution in [0.15, 0.2) is 56.6 Å².